The van der Waals surface area contributed by atoms with Gasteiger partial charge in [0.1, 0.15) is 23.6 Å². The van der Waals surface area contributed by atoms with Crippen molar-refractivity contribution in [3.63, 3.8) is 0 Å². The number of methoxy groups -OCH3 is 1. The van der Waals surface area contributed by atoms with Crippen molar-refractivity contribution in [3.05, 3.63) is 42.0 Å². The predicted octanol–water partition coefficient (Wildman–Crippen LogP) is 3.64. The Hall–Kier alpha value is -1.93. The molecule has 1 aromatic carbocycles. The van der Waals surface area contributed by atoms with Crippen LogP contribution in [0.3, 0.4) is 0 Å². The standard InChI is InChI=1S/C24H34O7/c1-7-28-19(25)12-13-24(5)22(31-24)21-20(29-23(3,4)30-21)16(2)14-27-15-17-8-10-18(26-6)11-9-17/h8-13,16,20-22H,7,14-15H2,1-6H3/b13-12-/t16-,20-,21+,22-,24-/m1/s1. The van der Waals surface area contributed by atoms with E-state index in [1.54, 1.807) is 20.1 Å². The molecule has 3 rings (SSSR count). The Morgan fingerprint density at radius 3 is 2.52 bits per heavy atom. The van der Waals surface area contributed by atoms with E-state index >= 15 is 0 Å². The van der Waals surface area contributed by atoms with Gasteiger partial charge in [-0.2, -0.15) is 0 Å². The number of hydrogen-bond donors (Lipinski definition) is 0. The molecule has 0 radical (unpaired) electrons. The van der Waals surface area contributed by atoms with Crippen LogP contribution in [0.15, 0.2) is 36.4 Å². The molecule has 2 aliphatic heterocycles. The number of rotatable bonds is 10. The molecule has 2 aliphatic rings. The lowest BCUT2D eigenvalue weighted by Gasteiger charge is -2.23. The van der Waals surface area contributed by atoms with Crippen LogP contribution in [0.1, 0.15) is 40.2 Å². The first kappa shape index (κ1) is 23.7. The molecule has 0 aliphatic carbocycles. The highest BCUT2D eigenvalue weighted by atomic mass is 16.8. The van der Waals surface area contributed by atoms with Crippen molar-refractivity contribution in [1.29, 1.82) is 0 Å². The van der Waals surface area contributed by atoms with E-state index in [-0.39, 0.29) is 30.2 Å². The monoisotopic (exact) mass is 434 g/mol. The van der Waals surface area contributed by atoms with Gasteiger partial charge in [0.05, 0.1) is 33.0 Å². The van der Waals surface area contributed by atoms with Crippen molar-refractivity contribution in [2.75, 3.05) is 20.3 Å². The van der Waals surface area contributed by atoms with Gasteiger partial charge in [-0.1, -0.05) is 19.1 Å². The van der Waals surface area contributed by atoms with Gasteiger partial charge in [0.15, 0.2) is 5.79 Å². The lowest BCUT2D eigenvalue weighted by atomic mass is 9.93. The SMILES string of the molecule is CCOC(=O)/C=C\[C@@]1(C)O[C@@H]1[C@H]1OC(C)(C)O[C@@H]1[C@H](C)COCc1ccc(OC)cc1. The van der Waals surface area contributed by atoms with Crippen LogP contribution in [0.2, 0.25) is 0 Å². The first-order valence-electron chi connectivity index (χ1n) is 10.8. The normalized spacial score (nSPS) is 30.3. The first-order chi connectivity index (χ1) is 14.7. The molecule has 1 aromatic rings. The van der Waals surface area contributed by atoms with Crippen LogP contribution in [-0.2, 0) is 35.1 Å². The lowest BCUT2D eigenvalue weighted by Crippen LogP contribution is -2.37. The highest BCUT2D eigenvalue weighted by Gasteiger charge is 2.62. The number of benzene rings is 1. The van der Waals surface area contributed by atoms with Crippen molar-refractivity contribution in [3.8, 4) is 5.75 Å². The summed E-state index contributed by atoms with van der Waals surface area (Å²) >= 11 is 0. The van der Waals surface area contributed by atoms with E-state index in [9.17, 15) is 4.79 Å². The molecule has 0 saturated carbocycles. The van der Waals surface area contributed by atoms with Gasteiger partial charge in [-0.3, -0.25) is 0 Å². The van der Waals surface area contributed by atoms with E-state index in [2.05, 4.69) is 6.92 Å². The fourth-order valence-corrected chi connectivity index (χ4v) is 3.86. The molecule has 7 nitrogen and oxygen atoms in total. The predicted molar refractivity (Wildman–Crippen MR) is 115 cm³/mol. The minimum atomic E-state index is -0.711. The zero-order chi connectivity index (χ0) is 22.6. The summed E-state index contributed by atoms with van der Waals surface area (Å²) in [4.78, 5) is 11.6. The molecule has 7 heteroatoms. The Labute approximate surface area is 184 Å². The molecule has 2 heterocycles. The van der Waals surface area contributed by atoms with Crippen LogP contribution in [0.5, 0.6) is 5.75 Å². The van der Waals surface area contributed by atoms with Gasteiger partial charge >= 0.3 is 5.97 Å². The van der Waals surface area contributed by atoms with E-state index in [1.165, 1.54) is 6.08 Å². The third-order valence-corrected chi connectivity index (χ3v) is 5.56. The molecule has 0 N–H and O–H groups in total. The van der Waals surface area contributed by atoms with Gasteiger partial charge in [0, 0.05) is 12.0 Å². The molecule has 2 fully saturated rings. The fraction of sp³-hybridized carbons (Fsp3) is 0.625. The molecular weight excluding hydrogens is 400 g/mol. The number of carbonyl (C=O) groups excluding carboxylic acids is 1. The Morgan fingerprint density at radius 2 is 1.87 bits per heavy atom. The summed E-state index contributed by atoms with van der Waals surface area (Å²) in [5, 5.41) is 0. The summed E-state index contributed by atoms with van der Waals surface area (Å²) in [5.41, 5.74) is 0.499. The maximum Gasteiger partial charge on any atom is 0.330 e. The molecule has 0 amide bonds. The Kier molecular flexibility index (Phi) is 7.42. The van der Waals surface area contributed by atoms with Gasteiger partial charge in [-0.15, -0.1) is 0 Å². The summed E-state index contributed by atoms with van der Waals surface area (Å²) in [7, 11) is 1.65. The molecular formula is C24H34O7. The van der Waals surface area contributed by atoms with E-state index in [1.807, 2.05) is 45.0 Å². The Bertz CT molecular complexity index is 773. The largest absolute Gasteiger partial charge is 0.497 e. The first-order valence-corrected chi connectivity index (χ1v) is 10.8. The average Bonchev–Trinajstić information content (AvgIpc) is 3.29. The van der Waals surface area contributed by atoms with Crippen molar-refractivity contribution >= 4 is 5.97 Å². The number of hydrogen-bond acceptors (Lipinski definition) is 7. The molecule has 0 spiro atoms. The van der Waals surface area contributed by atoms with Crippen molar-refractivity contribution < 1.29 is 33.2 Å². The fourth-order valence-electron chi connectivity index (χ4n) is 3.86. The maximum atomic E-state index is 11.6. The Balaban J connectivity index is 1.56. The summed E-state index contributed by atoms with van der Waals surface area (Å²) in [5.74, 6) is -0.175. The van der Waals surface area contributed by atoms with E-state index in [4.69, 9.17) is 28.4 Å². The summed E-state index contributed by atoms with van der Waals surface area (Å²) in [6.07, 6.45) is 2.52. The summed E-state index contributed by atoms with van der Waals surface area (Å²) in [6, 6.07) is 7.82. The topological polar surface area (TPSA) is 75.8 Å². The molecule has 0 unspecified atom stereocenters. The average molecular weight is 435 g/mol. The van der Waals surface area contributed by atoms with E-state index < -0.39 is 11.4 Å². The lowest BCUT2D eigenvalue weighted by molar-refractivity contribution is -0.153. The quantitative estimate of drug-likeness (QED) is 0.316. The molecule has 0 aromatic heterocycles. The minimum Gasteiger partial charge on any atom is -0.497 e. The van der Waals surface area contributed by atoms with Gasteiger partial charge in [-0.25, -0.2) is 4.79 Å². The molecule has 5 atom stereocenters. The third-order valence-electron chi connectivity index (χ3n) is 5.56. The van der Waals surface area contributed by atoms with E-state index in [0.717, 1.165) is 11.3 Å². The van der Waals surface area contributed by atoms with Crippen LogP contribution in [-0.4, -0.2) is 56.0 Å². The minimum absolute atomic E-state index is 0.0903. The van der Waals surface area contributed by atoms with Gasteiger partial charge in [-0.05, 0) is 51.5 Å². The second kappa shape index (κ2) is 9.69. The molecule has 172 valence electrons. The third kappa shape index (κ3) is 6.07. The molecule has 31 heavy (non-hydrogen) atoms. The van der Waals surface area contributed by atoms with Gasteiger partial charge < -0.3 is 28.4 Å². The number of esters is 1. The number of carbonyl (C=O) groups is 1. The second-order valence-electron chi connectivity index (χ2n) is 8.71. The zero-order valence-corrected chi connectivity index (χ0v) is 19.3. The summed E-state index contributed by atoms with van der Waals surface area (Å²) in [6.45, 7) is 11.0. The van der Waals surface area contributed by atoms with Crippen LogP contribution in [0, 0.1) is 5.92 Å². The molecule has 2 saturated heterocycles. The van der Waals surface area contributed by atoms with Gasteiger partial charge in [0.25, 0.3) is 0 Å². The van der Waals surface area contributed by atoms with Crippen molar-refractivity contribution in [2.45, 2.75) is 70.9 Å². The summed E-state index contributed by atoms with van der Waals surface area (Å²) < 4.78 is 34.4. The smallest absolute Gasteiger partial charge is 0.330 e. The number of epoxide rings is 1. The van der Waals surface area contributed by atoms with Crippen molar-refractivity contribution in [2.24, 2.45) is 5.92 Å². The highest BCUT2D eigenvalue weighted by Crippen LogP contribution is 2.47. The van der Waals surface area contributed by atoms with Crippen LogP contribution >= 0.6 is 0 Å². The zero-order valence-electron chi connectivity index (χ0n) is 19.3. The maximum absolute atomic E-state index is 11.6. The van der Waals surface area contributed by atoms with Crippen LogP contribution < -0.4 is 4.74 Å². The van der Waals surface area contributed by atoms with Crippen LogP contribution in [0.25, 0.3) is 0 Å². The highest BCUT2D eigenvalue weighted by molar-refractivity contribution is 5.82. The number of ether oxygens (including phenoxy) is 6. The molecule has 0 bridgehead atoms. The van der Waals surface area contributed by atoms with Crippen LogP contribution in [0.4, 0.5) is 0 Å². The van der Waals surface area contributed by atoms with E-state index in [0.29, 0.717) is 19.8 Å². The van der Waals surface area contributed by atoms with Gasteiger partial charge in [0.2, 0.25) is 0 Å². The van der Waals surface area contributed by atoms with Crippen molar-refractivity contribution in [1.82, 2.24) is 0 Å². The Morgan fingerprint density at radius 1 is 1.16 bits per heavy atom. The second-order valence-corrected chi connectivity index (χ2v) is 8.71.